The summed E-state index contributed by atoms with van der Waals surface area (Å²) in [4.78, 5) is 5.25. The molecule has 0 radical (unpaired) electrons. The van der Waals surface area contributed by atoms with Gasteiger partial charge in [-0.25, -0.2) is 4.99 Å². The molecule has 1 N–H and O–H groups in total. The zero-order valence-electron chi connectivity index (χ0n) is 21.3. The number of nitrogens with zero attached hydrogens (tertiary/aromatic N) is 2. The zero-order valence-corrected chi connectivity index (χ0v) is 22.2. The van der Waals surface area contributed by atoms with Crippen LogP contribution in [0.3, 0.4) is 0 Å². The van der Waals surface area contributed by atoms with Gasteiger partial charge < -0.3 is 5.32 Å². The number of nitrogens with one attached hydrogen (secondary N) is 1. The van der Waals surface area contributed by atoms with Crippen LogP contribution in [0.1, 0.15) is 0 Å². The minimum atomic E-state index is 0.0996. The highest BCUT2D eigenvalue weighted by Crippen LogP contribution is 2.52. The van der Waals surface area contributed by atoms with Crippen molar-refractivity contribution in [2.45, 2.75) is 6.04 Å². The topological polar surface area (TPSA) is 28.8 Å². The van der Waals surface area contributed by atoms with E-state index in [0.717, 1.165) is 17.2 Å². The van der Waals surface area contributed by atoms with E-state index in [2.05, 4.69) is 125 Å². The van der Waals surface area contributed by atoms with Crippen molar-refractivity contribution in [2.24, 2.45) is 4.99 Å². The second-order valence-electron chi connectivity index (χ2n) is 10.8. The normalized spacial score (nSPS) is 16.4. The SMILES string of the molecule is C1=CC2=Nc3c(c4cc5c6ccccc6sc5c5c6cc(-c7cccc8ccccc78)ccc6n3c45)NC2C=C1. The molecule has 0 saturated heterocycles. The standard InChI is InChI=1S/C36H21N3S/c1-2-10-22-20(8-1)9-7-12-23(22)21-16-17-30-26(18-21)32-34-27(19-25-24-11-3-6-15-31(24)40-35(25)32)33-36(39(30)34)38-29-14-5-4-13-28(29)37-33/h1-19,28,37H. The van der Waals surface area contributed by atoms with Crippen LogP contribution in [0.25, 0.3) is 69.3 Å². The van der Waals surface area contributed by atoms with Crippen molar-refractivity contribution >= 4 is 86.7 Å². The number of benzene rings is 5. The molecule has 1 aliphatic carbocycles. The van der Waals surface area contributed by atoms with Crippen LogP contribution >= 0.6 is 11.3 Å². The summed E-state index contributed by atoms with van der Waals surface area (Å²) in [5, 5.41) is 12.9. The molecular weight excluding hydrogens is 506 g/mol. The van der Waals surface area contributed by atoms with Gasteiger partial charge in [0.2, 0.25) is 0 Å². The molecule has 1 unspecified atom stereocenters. The molecule has 0 bridgehead atoms. The number of allylic oxidation sites excluding steroid dienone is 2. The van der Waals surface area contributed by atoms with Crippen LogP contribution in [-0.4, -0.2) is 16.2 Å². The molecule has 1 aliphatic heterocycles. The monoisotopic (exact) mass is 527 g/mol. The van der Waals surface area contributed by atoms with Crippen molar-refractivity contribution in [3.63, 3.8) is 0 Å². The third kappa shape index (κ3) is 2.57. The average molecular weight is 528 g/mol. The van der Waals surface area contributed by atoms with Gasteiger partial charge in [-0.05, 0) is 52.2 Å². The van der Waals surface area contributed by atoms with Crippen LogP contribution < -0.4 is 5.32 Å². The van der Waals surface area contributed by atoms with E-state index in [0.29, 0.717) is 0 Å². The van der Waals surface area contributed by atoms with Crippen LogP contribution in [0.15, 0.2) is 120 Å². The summed E-state index contributed by atoms with van der Waals surface area (Å²) in [6, 6.07) is 33.6. The molecule has 1 atom stereocenters. The maximum absolute atomic E-state index is 5.25. The molecule has 0 saturated carbocycles. The Morgan fingerprint density at radius 2 is 1.62 bits per heavy atom. The van der Waals surface area contributed by atoms with Crippen molar-refractivity contribution in [3.05, 3.63) is 115 Å². The fourth-order valence-electron chi connectivity index (χ4n) is 6.96. The first-order chi connectivity index (χ1) is 19.8. The van der Waals surface area contributed by atoms with Crippen molar-refractivity contribution in [2.75, 3.05) is 5.32 Å². The van der Waals surface area contributed by atoms with E-state index in [9.17, 15) is 0 Å². The predicted molar refractivity (Wildman–Crippen MR) is 172 cm³/mol. The van der Waals surface area contributed by atoms with E-state index in [1.165, 1.54) is 69.3 Å². The molecule has 0 amide bonds. The largest absolute Gasteiger partial charge is 0.370 e. The van der Waals surface area contributed by atoms with Crippen LogP contribution in [0.2, 0.25) is 0 Å². The first-order valence-corrected chi connectivity index (χ1v) is 14.5. The van der Waals surface area contributed by atoms with E-state index in [1.807, 2.05) is 11.3 Å². The third-order valence-corrected chi connectivity index (χ3v) is 9.92. The van der Waals surface area contributed by atoms with Crippen molar-refractivity contribution in [1.29, 1.82) is 0 Å². The Hall–Kier alpha value is -4.93. The van der Waals surface area contributed by atoms with E-state index >= 15 is 0 Å². The maximum Gasteiger partial charge on any atom is 0.162 e. The maximum atomic E-state index is 5.25. The van der Waals surface area contributed by atoms with Crippen LogP contribution in [0, 0.1) is 0 Å². The Morgan fingerprint density at radius 3 is 2.60 bits per heavy atom. The van der Waals surface area contributed by atoms with Gasteiger partial charge in [-0.2, -0.15) is 0 Å². The lowest BCUT2D eigenvalue weighted by atomic mass is 9.96. The number of fused-ring (bicyclic) bond motifs is 12. The Morgan fingerprint density at radius 1 is 0.750 bits per heavy atom. The van der Waals surface area contributed by atoms with E-state index in [-0.39, 0.29) is 6.04 Å². The van der Waals surface area contributed by atoms with Crippen molar-refractivity contribution in [3.8, 4) is 11.1 Å². The molecule has 40 heavy (non-hydrogen) atoms. The highest BCUT2D eigenvalue weighted by molar-refractivity contribution is 7.26. The van der Waals surface area contributed by atoms with E-state index in [4.69, 9.17) is 4.99 Å². The summed E-state index contributed by atoms with van der Waals surface area (Å²) < 4.78 is 5.08. The summed E-state index contributed by atoms with van der Waals surface area (Å²) in [7, 11) is 0. The number of rotatable bonds is 1. The fourth-order valence-corrected chi connectivity index (χ4v) is 8.20. The minimum Gasteiger partial charge on any atom is -0.370 e. The Labute approximate surface area is 233 Å². The summed E-state index contributed by atoms with van der Waals surface area (Å²) in [5.41, 5.74) is 7.16. The number of anilines is 1. The molecule has 5 aromatic carbocycles. The quantitative estimate of drug-likeness (QED) is 0.226. The highest BCUT2D eigenvalue weighted by atomic mass is 32.1. The lowest BCUT2D eigenvalue weighted by molar-refractivity contribution is 1.11. The molecule has 2 aliphatic rings. The second kappa shape index (κ2) is 7.38. The summed E-state index contributed by atoms with van der Waals surface area (Å²) in [6.45, 7) is 0. The van der Waals surface area contributed by atoms with Gasteiger partial charge in [0, 0.05) is 36.3 Å². The van der Waals surface area contributed by atoms with Gasteiger partial charge >= 0.3 is 0 Å². The second-order valence-corrected chi connectivity index (χ2v) is 11.9. The summed E-state index contributed by atoms with van der Waals surface area (Å²) >= 11 is 1.90. The number of hydrogen-bond donors (Lipinski definition) is 1. The molecule has 0 fully saturated rings. The molecule has 8 aromatic rings. The van der Waals surface area contributed by atoms with E-state index in [1.54, 1.807) is 0 Å². The van der Waals surface area contributed by atoms with Gasteiger partial charge in [0.05, 0.1) is 28.5 Å². The number of aliphatic imine (C=N–C) groups is 1. The average Bonchev–Trinajstić information content (AvgIpc) is 3.65. The molecule has 186 valence electrons. The van der Waals surface area contributed by atoms with Gasteiger partial charge in [0.15, 0.2) is 5.82 Å². The van der Waals surface area contributed by atoms with Crippen molar-refractivity contribution < 1.29 is 0 Å². The van der Waals surface area contributed by atoms with Gasteiger partial charge in [-0.3, -0.25) is 4.40 Å². The van der Waals surface area contributed by atoms with Crippen molar-refractivity contribution in [1.82, 2.24) is 4.40 Å². The molecule has 10 rings (SSSR count). The molecule has 0 spiro atoms. The highest BCUT2D eigenvalue weighted by Gasteiger charge is 2.30. The van der Waals surface area contributed by atoms with E-state index < -0.39 is 0 Å². The molecular formula is C36H21N3S. The third-order valence-electron chi connectivity index (χ3n) is 8.71. The summed E-state index contributed by atoms with van der Waals surface area (Å²) in [6.07, 6.45) is 8.50. The lowest BCUT2D eigenvalue weighted by Gasteiger charge is -2.23. The Bertz CT molecular complexity index is 2460. The Kier molecular flexibility index (Phi) is 3.87. The first-order valence-electron chi connectivity index (χ1n) is 13.7. The smallest absolute Gasteiger partial charge is 0.162 e. The molecule has 4 heteroatoms. The first kappa shape index (κ1) is 21.0. The fraction of sp³-hybridized carbons (Fsp3) is 0.0278. The molecule has 3 nitrogen and oxygen atoms in total. The molecule has 3 aromatic heterocycles. The summed E-state index contributed by atoms with van der Waals surface area (Å²) in [5.74, 6) is 1.00. The minimum absolute atomic E-state index is 0.0996. The van der Waals surface area contributed by atoms with Crippen LogP contribution in [0.5, 0.6) is 0 Å². The van der Waals surface area contributed by atoms with Crippen LogP contribution in [-0.2, 0) is 0 Å². The van der Waals surface area contributed by atoms with Gasteiger partial charge in [-0.1, -0.05) is 85.0 Å². The molecule has 4 heterocycles. The number of hydrogen-bond acceptors (Lipinski definition) is 3. The Balaban J connectivity index is 1.39. The van der Waals surface area contributed by atoms with Gasteiger partial charge in [-0.15, -0.1) is 11.3 Å². The predicted octanol–water partition coefficient (Wildman–Crippen LogP) is 9.86. The number of aromatic nitrogens is 1. The number of thiophene rings is 1. The zero-order chi connectivity index (χ0) is 25.9. The van der Waals surface area contributed by atoms with Crippen LogP contribution in [0.4, 0.5) is 11.5 Å². The van der Waals surface area contributed by atoms with Gasteiger partial charge in [0.25, 0.3) is 0 Å². The van der Waals surface area contributed by atoms with Gasteiger partial charge in [0.1, 0.15) is 0 Å². The lowest BCUT2D eigenvalue weighted by Crippen LogP contribution is -2.29.